The third kappa shape index (κ3) is 16.7. The Morgan fingerprint density at radius 2 is 0.727 bits per heavy atom. The summed E-state index contributed by atoms with van der Waals surface area (Å²) >= 11 is 0. The van der Waals surface area contributed by atoms with E-state index in [9.17, 15) is 19.2 Å². The van der Waals surface area contributed by atoms with Crippen LogP contribution in [0.4, 0.5) is 0 Å². The van der Waals surface area contributed by atoms with E-state index in [1.54, 1.807) is 0 Å². The summed E-state index contributed by atoms with van der Waals surface area (Å²) in [6.07, 6.45) is 0. The summed E-state index contributed by atoms with van der Waals surface area (Å²) in [5.74, 6) is -4.91. The zero-order valence-corrected chi connectivity index (χ0v) is 10.6. The van der Waals surface area contributed by atoms with Crippen LogP contribution in [0, 0.1) is 0 Å². The molecule has 0 rings (SSSR count). The number of nitrogens with zero attached hydrogens (tertiary/aromatic N) is 2. The molecule has 10 nitrogen and oxygen atoms in total. The Hall–Kier alpha value is 0.319. The van der Waals surface area contributed by atoms with Gasteiger partial charge in [-0.2, -0.15) is 0 Å². The number of aliphatic carboxylic acids is 4. The minimum absolute atomic E-state index is 0. The Kier molecular flexibility index (Phi) is 18.4. The van der Waals surface area contributed by atoms with Crippen LogP contribution >= 0.6 is 0 Å². The van der Waals surface area contributed by atoms with Crippen molar-refractivity contribution in [3.8, 4) is 0 Å². The van der Waals surface area contributed by atoms with Crippen LogP contribution in [0.25, 0.3) is 0 Å². The van der Waals surface area contributed by atoms with Crippen molar-refractivity contribution >= 4 is 99.4 Å². The van der Waals surface area contributed by atoms with Crippen molar-refractivity contribution in [2.24, 2.45) is 0 Å². The van der Waals surface area contributed by atoms with Gasteiger partial charge in [0.05, 0.1) is 26.2 Å². The van der Waals surface area contributed by atoms with Crippen LogP contribution in [0.1, 0.15) is 0 Å². The van der Waals surface area contributed by atoms with Crippen molar-refractivity contribution in [3.63, 3.8) is 0 Å². The third-order valence-electron chi connectivity index (χ3n) is 2.17. The van der Waals surface area contributed by atoms with Gasteiger partial charge >= 0.3 is 99.4 Å². The van der Waals surface area contributed by atoms with E-state index >= 15 is 0 Å². The standard InChI is InChI=1S/C10H16N2O8.2Ca.4H/c13-7(14)3-11(4-8(15)16)1-2-12(5-9(17)18)6-10(19)20;;;;;;/h1-6H2,(H,13,14)(H,15,16)(H,17,18)(H,19,20);;;;;;. The summed E-state index contributed by atoms with van der Waals surface area (Å²) in [5.41, 5.74) is 0. The molecule has 12 heteroatoms. The first kappa shape index (κ1) is 27.2. The molecule has 0 atom stereocenters. The normalized spacial score (nSPS) is 9.73. The second-order valence-corrected chi connectivity index (χ2v) is 4.00. The monoisotopic (exact) mass is 376 g/mol. The van der Waals surface area contributed by atoms with Crippen LogP contribution in [0.5, 0.6) is 0 Å². The molecule has 0 aliphatic carbocycles. The van der Waals surface area contributed by atoms with Crippen molar-refractivity contribution in [2.75, 3.05) is 39.3 Å². The summed E-state index contributed by atoms with van der Waals surface area (Å²) in [4.78, 5) is 44.4. The molecule has 0 unspecified atom stereocenters. The maximum atomic E-state index is 10.6. The van der Waals surface area contributed by atoms with E-state index in [1.807, 2.05) is 0 Å². The molecule has 0 aliphatic rings. The van der Waals surface area contributed by atoms with Gasteiger partial charge in [-0.3, -0.25) is 29.0 Å². The quantitative estimate of drug-likeness (QED) is 0.263. The molecule has 122 valence electrons. The van der Waals surface area contributed by atoms with Gasteiger partial charge in [-0.25, -0.2) is 0 Å². The van der Waals surface area contributed by atoms with Crippen LogP contribution in [-0.4, -0.2) is 169 Å². The number of carbonyl (C=O) groups is 4. The molecule has 0 saturated carbocycles. The SMILES string of the molecule is O=C(O)CN(CCN(CC(=O)O)CC(=O)O)CC(=O)O.[CaH2].[CaH2]. The number of carboxylic acids is 4. The number of hydrogen-bond donors (Lipinski definition) is 4. The van der Waals surface area contributed by atoms with E-state index in [0.29, 0.717) is 0 Å². The van der Waals surface area contributed by atoms with Gasteiger partial charge in [0.1, 0.15) is 0 Å². The Bertz CT molecular complexity index is 325. The van der Waals surface area contributed by atoms with Crippen LogP contribution in [0.15, 0.2) is 0 Å². The van der Waals surface area contributed by atoms with Crippen LogP contribution in [-0.2, 0) is 19.2 Å². The molecule has 0 aromatic carbocycles. The van der Waals surface area contributed by atoms with E-state index in [2.05, 4.69) is 0 Å². The molecular weight excluding hydrogens is 356 g/mol. The van der Waals surface area contributed by atoms with Crippen LogP contribution in [0.3, 0.4) is 0 Å². The molecule has 0 heterocycles. The molecule has 22 heavy (non-hydrogen) atoms. The predicted octanol–water partition coefficient (Wildman–Crippen LogP) is -3.90. The summed E-state index contributed by atoms with van der Waals surface area (Å²) in [7, 11) is 0. The Morgan fingerprint density at radius 3 is 0.864 bits per heavy atom. The Morgan fingerprint density at radius 1 is 0.545 bits per heavy atom. The number of hydrogen-bond acceptors (Lipinski definition) is 6. The maximum absolute atomic E-state index is 10.6. The molecule has 0 aromatic heterocycles. The molecule has 0 amide bonds. The van der Waals surface area contributed by atoms with E-state index < -0.39 is 50.1 Å². The molecule has 4 N–H and O–H groups in total. The Balaban J connectivity index is -0.00000180. The van der Waals surface area contributed by atoms with E-state index in [-0.39, 0.29) is 88.6 Å². The van der Waals surface area contributed by atoms with Crippen molar-refractivity contribution in [1.29, 1.82) is 0 Å². The zero-order chi connectivity index (χ0) is 15.7. The molecule has 0 fully saturated rings. The topological polar surface area (TPSA) is 156 Å². The minimum atomic E-state index is -1.23. The van der Waals surface area contributed by atoms with Crippen molar-refractivity contribution < 1.29 is 39.6 Å². The van der Waals surface area contributed by atoms with Gasteiger partial charge in [0, 0.05) is 13.1 Å². The summed E-state index contributed by atoms with van der Waals surface area (Å²) in [6.45, 7) is -2.25. The molecule has 0 aliphatic heterocycles. The molecule has 0 spiro atoms. The summed E-state index contributed by atoms with van der Waals surface area (Å²) in [5, 5.41) is 34.5. The fourth-order valence-corrected chi connectivity index (χ4v) is 1.48. The number of carboxylic acid groups (broad SMARTS) is 4. The third-order valence-corrected chi connectivity index (χ3v) is 2.17. The second-order valence-electron chi connectivity index (χ2n) is 4.00. The second kappa shape index (κ2) is 14.9. The van der Waals surface area contributed by atoms with Gasteiger partial charge < -0.3 is 20.4 Å². The van der Waals surface area contributed by atoms with Gasteiger partial charge in [0.25, 0.3) is 0 Å². The van der Waals surface area contributed by atoms with E-state index in [4.69, 9.17) is 20.4 Å². The average molecular weight is 376 g/mol. The number of rotatable bonds is 11. The van der Waals surface area contributed by atoms with Crippen LogP contribution in [0.2, 0.25) is 0 Å². The first-order valence-corrected chi connectivity index (χ1v) is 5.52. The van der Waals surface area contributed by atoms with Gasteiger partial charge in [-0.1, -0.05) is 0 Å². The average Bonchev–Trinajstić information content (AvgIpc) is 2.22. The molecular formula is C10H20Ca2N2O8. The van der Waals surface area contributed by atoms with E-state index in [0.717, 1.165) is 9.80 Å². The first-order chi connectivity index (χ1) is 9.20. The summed E-state index contributed by atoms with van der Waals surface area (Å²) in [6, 6.07) is 0. The van der Waals surface area contributed by atoms with Gasteiger partial charge in [0.2, 0.25) is 0 Å². The van der Waals surface area contributed by atoms with Gasteiger partial charge in [-0.05, 0) is 0 Å². The predicted molar refractivity (Wildman–Crippen MR) is 80.5 cm³/mol. The van der Waals surface area contributed by atoms with E-state index in [1.165, 1.54) is 0 Å². The van der Waals surface area contributed by atoms with Crippen molar-refractivity contribution in [2.45, 2.75) is 0 Å². The summed E-state index contributed by atoms with van der Waals surface area (Å²) < 4.78 is 0. The van der Waals surface area contributed by atoms with Crippen LogP contribution < -0.4 is 0 Å². The molecule has 0 saturated heterocycles. The zero-order valence-electron chi connectivity index (χ0n) is 10.6. The molecule has 0 bridgehead atoms. The molecule has 0 radical (unpaired) electrons. The fraction of sp³-hybridized carbons (Fsp3) is 0.600. The first-order valence-electron chi connectivity index (χ1n) is 5.52. The van der Waals surface area contributed by atoms with Gasteiger partial charge in [0.15, 0.2) is 0 Å². The van der Waals surface area contributed by atoms with Crippen molar-refractivity contribution in [3.05, 3.63) is 0 Å². The fourth-order valence-electron chi connectivity index (χ4n) is 1.48. The Labute approximate surface area is 186 Å². The van der Waals surface area contributed by atoms with Gasteiger partial charge in [-0.15, -0.1) is 0 Å². The molecule has 0 aromatic rings. The van der Waals surface area contributed by atoms with Crippen molar-refractivity contribution in [1.82, 2.24) is 9.80 Å².